The van der Waals surface area contributed by atoms with Gasteiger partial charge in [-0.15, -0.1) is 0 Å². The lowest BCUT2D eigenvalue weighted by Crippen LogP contribution is -2.66. The second kappa shape index (κ2) is 7.23. The van der Waals surface area contributed by atoms with Gasteiger partial charge in [-0.25, -0.2) is 9.31 Å². The molecule has 2 atom stereocenters. The van der Waals surface area contributed by atoms with Crippen LogP contribution in [0.3, 0.4) is 0 Å². The third kappa shape index (κ3) is 3.75. The van der Waals surface area contributed by atoms with Crippen molar-refractivity contribution in [3.8, 4) is 6.07 Å². The largest absolute Gasteiger partial charge is 0.444 e. The van der Waals surface area contributed by atoms with Crippen molar-refractivity contribution in [3.05, 3.63) is 30.1 Å². The van der Waals surface area contributed by atoms with Gasteiger partial charge in [0, 0.05) is 44.8 Å². The first-order valence-electron chi connectivity index (χ1n) is 10.1. The van der Waals surface area contributed by atoms with Crippen molar-refractivity contribution >= 4 is 17.3 Å². The first-order chi connectivity index (χ1) is 13.8. The van der Waals surface area contributed by atoms with Crippen molar-refractivity contribution in [2.45, 2.75) is 45.4 Å². The van der Waals surface area contributed by atoms with Crippen LogP contribution in [0, 0.1) is 11.3 Å². The lowest BCUT2D eigenvalue weighted by Gasteiger charge is -2.51. The number of ether oxygens (including phenoxy) is 1. The first-order valence-corrected chi connectivity index (χ1v) is 10.1. The van der Waals surface area contributed by atoms with Gasteiger partial charge in [-0.3, -0.25) is 4.90 Å². The van der Waals surface area contributed by atoms with Crippen molar-refractivity contribution < 1.29 is 9.53 Å². The number of fused-ring (bicyclic) bond motifs is 2. The number of pyridine rings is 1. The zero-order chi connectivity index (χ0) is 20.8. The quantitative estimate of drug-likeness (QED) is 0.736. The van der Waals surface area contributed by atoms with Crippen LogP contribution in [-0.4, -0.2) is 75.9 Å². The second-order valence-electron chi connectivity index (χ2n) is 8.92. The molecular formula is C21H28N6O2. The summed E-state index contributed by atoms with van der Waals surface area (Å²) in [5.41, 5.74) is 2.04. The molecule has 2 aliphatic rings. The van der Waals surface area contributed by atoms with E-state index in [0.29, 0.717) is 24.8 Å². The minimum Gasteiger partial charge on any atom is -0.444 e. The summed E-state index contributed by atoms with van der Waals surface area (Å²) in [6.45, 7) is 11.8. The van der Waals surface area contributed by atoms with E-state index in [1.54, 1.807) is 10.7 Å². The highest BCUT2D eigenvalue weighted by Crippen LogP contribution is 2.29. The highest BCUT2D eigenvalue weighted by atomic mass is 16.6. The Morgan fingerprint density at radius 1 is 1.21 bits per heavy atom. The molecule has 0 radical (unpaired) electrons. The Morgan fingerprint density at radius 2 is 2.00 bits per heavy atom. The van der Waals surface area contributed by atoms with Crippen molar-refractivity contribution in [1.29, 1.82) is 5.26 Å². The van der Waals surface area contributed by atoms with Crippen molar-refractivity contribution in [1.82, 2.24) is 19.4 Å². The Labute approximate surface area is 171 Å². The number of piperazine rings is 2. The molecule has 0 unspecified atom stereocenters. The van der Waals surface area contributed by atoms with Crippen LogP contribution in [0.2, 0.25) is 0 Å². The summed E-state index contributed by atoms with van der Waals surface area (Å²) >= 11 is 0. The van der Waals surface area contributed by atoms with E-state index in [1.807, 2.05) is 43.9 Å². The number of hydrogen-bond donors (Lipinski definition) is 0. The van der Waals surface area contributed by atoms with E-state index >= 15 is 0 Å². The first kappa shape index (κ1) is 19.5. The van der Waals surface area contributed by atoms with Crippen LogP contribution in [0.15, 0.2) is 24.4 Å². The van der Waals surface area contributed by atoms with Crippen molar-refractivity contribution in [3.63, 3.8) is 0 Å². The molecule has 1 amide bonds. The van der Waals surface area contributed by atoms with Crippen molar-refractivity contribution in [2.24, 2.45) is 0 Å². The van der Waals surface area contributed by atoms with Gasteiger partial charge in [0.1, 0.15) is 17.4 Å². The number of anilines is 1. The SMILES string of the molecule is C[C@@H]1CN(c2ccc(C#N)n3nccc23)C[C@H]2CN(C(=O)OC(C)(C)C)CCN21. The van der Waals surface area contributed by atoms with E-state index in [1.165, 1.54) is 0 Å². The van der Waals surface area contributed by atoms with Gasteiger partial charge in [-0.05, 0) is 45.9 Å². The summed E-state index contributed by atoms with van der Waals surface area (Å²) < 4.78 is 7.28. The summed E-state index contributed by atoms with van der Waals surface area (Å²) in [4.78, 5) is 19.2. The molecule has 8 heteroatoms. The summed E-state index contributed by atoms with van der Waals surface area (Å²) in [5, 5.41) is 13.6. The van der Waals surface area contributed by atoms with Crippen LogP contribution in [0.5, 0.6) is 0 Å². The van der Waals surface area contributed by atoms with Gasteiger partial charge in [0.15, 0.2) is 0 Å². The molecule has 0 aliphatic carbocycles. The van der Waals surface area contributed by atoms with Crippen LogP contribution in [0.25, 0.3) is 5.52 Å². The molecule has 0 bridgehead atoms. The fraction of sp³-hybridized carbons (Fsp3) is 0.571. The van der Waals surface area contributed by atoms with Gasteiger partial charge < -0.3 is 14.5 Å². The Balaban J connectivity index is 1.55. The predicted molar refractivity (Wildman–Crippen MR) is 110 cm³/mol. The molecule has 2 saturated heterocycles. The van der Waals surface area contributed by atoms with E-state index < -0.39 is 5.60 Å². The lowest BCUT2D eigenvalue weighted by molar-refractivity contribution is -0.00655. The van der Waals surface area contributed by atoms with Gasteiger partial charge in [0.2, 0.25) is 0 Å². The number of rotatable bonds is 1. The highest BCUT2D eigenvalue weighted by Gasteiger charge is 2.39. The van der Waals surface area contributed by atoms with Crippen molar-refractivity contribution in [2.75, 3.05) is 37.6 Å². The molecule has 154 valence electrons. The molecule has 2 fully saturated rings. The zero-order valence-electron chi connectivity index (χ0n) is 17.5. The van der Waals surface area contributed by atoms with Crippen LogP contribution < -0.4 is 4.90 Å². The Hall–Kier alpha value is -2.79. The third-order valence-corrected chi connectivity index (χ3v) is 5.65. The van der Waals surface area contributed by atoms with Gasteiger partial charge in [-0.2, -0.15) is 10.4 Å². The number of hydrogen-bond acceptors (Lipinski definition) is 6. The molecule has 29 heavy (non-hydrogen) atoms. The Bertz CT molecular complexity index is 956. The molecule has 0 spiro atoms. The van der Waals surface area contributed by atoms with Crippen LogP contribution in [0.1, 0.15) is 33.4 Å². The number of carbonyl (C=O) groups excluding carboxylic acids is 1. The van der Waals surface area contributed by atoms with E-state index in [9.17, 15) is 10.1 Å². The number of carbonyl (C=O) groups is 1. The predicted octanol–water partition coefficient (Wildman–Crippen LogP) is 2.34. The summed E-state index contributed by atoms with van der Waals surface area (Å²) in [6, 6.07) is 8.57. The number of aromatic nitrogens is 2. The van der Waals surface area contributed by atoms with Crippen LogP contribution in [-0.2, 0) is 4.74 Å². The lowest BCUT2D eigenvalue weighted by atomic mass is 10.0. The van der Waals surface area contributed by atoms with Crippen LogP contribution >= 0.6 is 0 Å². The highest BCUT2D eigenvalue weighted by molar-refractivity contribution is 5.74. The van der Waals surface area contributed by atoms with E-state index in [4.69, 9.17) is 4.74 Å². The minimum atomic E-state index is -0.490. The Kier molecular flexibility index (Phi) is 4.87. The maximum absolute atomic E-state index is 12.6. The average Bonchev–Trinajstić information content (AvgIpc) is 3.15. The standard InChI is InChI=1S/C21H28N6O2/c1-15-12-25(18-6-5-16(11-22)27-19(18)7-8-23-27)14-17-13-24(9-10-26(15)17)20(28)29-21(2,3)4/h5-8,15,17H,9-10,12-14H2,1-4H3/t15-,17-/m1/s1. The summed E-state index contributed by atoms with van der Waals surface area (Å²) in [7, 11) is 0. The monoisotopic (exact) mass is 396 g/mol. The molecule has 2 aliphatic heterocycles. The molecule has 0 saturated carbocycles. The molecule has 8 nitrogen and oxygen atoms in total. The average molecular weight is 396 g/mol. The van der Waals surface area contributed by atoms with E-state index in [0.717, 1.165) is 30.8 Å². The third-order valence-electron chi connectivity index (χ3n) is 5.65. The molecular weight excluding hydrogens is 368 g/mol. The van der Waals surface area contributed by atoms with Crippen LogP contribution in [0.4, 0.5) is 10.5 Å². The second-order valence-corrected chi connectivity index (χ2v) is 8.92. The maximum atomic E-state index is 12.6. The Morgan fingerprint density at radius 3 is 2.72 bits per heavy atom. The normalized spacial score (nSPS) is 23.0. The number of nitrogens with zero attached hydrogens (tertiary/aromatic N) is 6. The molecule has 4 heterocycles. The number of amides is 1. The number of nitriles is 1. The maximum Gasteiger partial charge on any atom is 0.410 e. The summed E-state index contributed by atoms with van der Waals surface area (Å²) in [6.07, 6.45) is 1.49. The molecule has 2 aromatic rings. The summed E-state index contributed by atoms with van der Waals surface area (Å²) in [5.74, 6) is 0. The van der Waals surface area contributed by atoms with Gasteiger partial charge in [0.25, 0.3) is 0 Å². The topological polar surface area (TPSA) is 77.1 Å². The zero-order valence-corrected chi connectivity index (χ0v) is 17.5. The van der Waals surface area contributed by atoms with E-state index in [2.05, 4.69) is 27.9 Å². The molecule has 4 rings (SSSR count). The smallest absolute Gasteiger partial charge is 0.410 e. The molecule has 0 aromatic carbocycles. The fourth-order valence-electron chi connectivity index (χ4n) is 4.41. The van der Waals surface area contributed by atoms with Gasteiger partial charge in [0.05, 0.1) is 17.4 Å². The fourth-order valence-corrected chi connectivity index (χ4v) is 4.41. The van der Waals surface area contributed by atoms with Gasteiger partial charge >= 0.3 is 6.09 Å². The minimum absolute atomic E-state index is 0.235. The van der Waals surface area contributed by atoms with E-state index in [-0.39, 0.29) is 12.1 Å². The molecule has 2 aromatic heterocycles. The molecule has 0 N–H and O–H groups in total. The van der Waals surface area contributed by atoms with Gasteiger partial charge in [-0.1, -0.05) is 0 Å².